The van der Waals surface area contributed by atoms with Crippen molar-refractivity contribution in [2.45, 2.75) is 32.0 Å². The van der Waals surface area contributed by atoms with E-state index in [0.717, 1.165) is 11.1 Å². The summed E-state index contributed by atoms with van der Waals surface area (Å²) in [7, 11) is 1.69. The molecule has 0 fully saturated rings. The predicted octanol–water partition coefficient (Wildman–Crippen LogP) is 0.632. The number of nitrogens with zero attached hydrogens (tertiary/aromatic N) is 1. The SMILES string of the molecule is CNC(C)C(=O)N1Cc2ccccc2C[C@@H]1C(=O)O. The van der Waals surface area contributed by atoms with Gasteiger partial charge in [-0.25, -0.2) is 4.79 Å². The van der Waals surface area contributed by atoms with Gasteiger partial charge in [0.25, 0.3) is 0 Å². The summed E-state index contributed by atoms with van der Waals surface area (Å²) in [6, 6.07) is 6.51. The molecule has 1 amide bonds. The average Bonchev–Trinajstić information content (AvgIpc) is 2.44. The third kappa shape index (κ3) is 2.61. The van der Waals surface area contributed by atoms with E-state index in [2.05, 4.69) is 5.32 Å². The summed E-state index contributed by atoms with van der Waals surface area (Å²) in [6.07, 6.45) is 0.369. The largest absolute Gasteiger partial charge is 0.480 e. The van der Waals surface area contributed by atoms with E-state index in [0.29, 0.717) is 13.0 Å². The molecule has 5 nitrogen and oxygen atoms in total. The number of likely N-dealkylation sites (N-methyl/N-ethyl adjacent to an activating group) is 1. The highest BCUT2D eigenvalue weighted by atomic mass is 16.4. The van der Waals surface area contributed by atoms with E-state index >= 15 is 0 Å². The van der Waals surface area contributed by atoms with E-state index in [-0.39, 0.29) is 11.9 Å². The van der Waals surface area contributed by atoms with Crippen LogP contribution in [-0.2, 0) is 22.6 Å². The summed E-state index contributed by atoms with van der Waals surface area (Å²) in [5, 5.41) is 12.2. The van der Waals surface area contributed by atoms with Gasteiger partial charge in [0.1, 0.15) is 6.04 Å². The zero-order chi connectivity index (χ0) is 14.0. The number of hydrogen-bond donors (Lipinski definition) is 2. The predicted molar refractivity (Wildman–Crippen MR) is 70.6 cm³/mol. The molecule has 1 aromatic carbocycles. The highest BCUT2D eigenvalue weighted by molar-refractivity contribution is 5.87. The van der Waals surface area contributed by atoms with Crippen molar-refractivity contribution >= 4 is 11.9 Å². The average molecular weight is 262 g/mol. The van der Waals surface area contributed by atoms with Crippen LogP contribution >= 0.6 is 0 Å². The summed E-state index contributed by atoms with van der Waals surface area (Å²) in [4.78, 5) is 25.1. The van der Waals surface area contributed by atoms with Crippen LogP contribution in [0.3, 0.4) is 0 Å². The van der Waals surface area contributed by atoms with Crippen molar-refractivity contribution in [2.24, 2.45) is 0 Å². The molecule has 0 bridgehead atoms. The maximum absolute atomic E-state index is 12.3. The van der Waals surface area contributed by atoms with Crippen LogP contribution in [0.25, 0.3) is 0 Å². The lowest BCUT2D eigenvalue weighted by molar-refractivity contribution is -0.152. The van der Waals surface area contributed by atoms with E-state index in [9.17, 15) is 14.7 Å². The molecule has 0 saturated heterocycles. The number of carboxylic acid groups (broad SMARTS) is 1. The molecule has 1 aliphatic rings. The number of nitrogens with one attached hydrogen (secondary N) is 1. The smallest absolute Gasteiger partial charge is 0.326 e. The highest BCUT2D eigenvalue weighted by Crippen LogP contribution is 2.24. The Labute approximate surface area is 112 Å². The van der Waals surface area contributed by atoms with Gasteiger partial charge < -0.3 is 15.3 Å². The number of fused-ring (bicyclic) bond motifs is 1. The van der Waals surface area contributed by atoms with Crippen molar-refractivity contribution in [2.75, 3.05) is 7.05 Å². The third-order valence-corrected chi connectivity index (χ3v) is 3.62. The van der Waals surface area contributed by atoms with Crippen LogP contribution in [0.4, 0.5) is 0 Å². The molecule has 102 valence electrons. The standard InChI is InChI=1S/C14H18N2O3/c1-9(15-2)13(17)16-8-11-6-4-3-5-10(11)7-12(16)14(18)19/h3-6,9,12,15H,7-8H2,1-2H3,(H,18,19)/t9?,12-/m1/s1. The molecule has 2 N–H and O–H groups in total. The number of benzene rings is 1. The van der Waals surface area contributed by atoms with Crippen LogP contribution in [0, 0.1) is 0 Å². The number of hydrogen-bond acceptors (Lipinski definition) is 3. The van der Waals surface area contributed by atoms with Crippen LogP contribution in [0.15, 0.2) is 24.3 Å². The summed E-state index contributed by atoms with van der Waals surface area (Å²) in [6.45, 7) is 2.10. The van der Waals surface area contributed by atoms with E-state index in [1.54, 1.807) is 14.0 Å². The summed E-state index contributed by atoms with van der Waals surface area (Å²) in [5.74, 6) is -1.13. The summed E-state index contributed by atoms with van der Waals surface area (Å²) in [5.41, 5.74) is 2.03. The second kappa shape index (κ2) is 5.40. The van der Waals surface area contributed by atoms with Gasteiger partial charge >= 0.3 is 5.97 Å². The lowest BCUT2D eigenvalue weighted by Gasteiger charge is -2.35. The highest BCUT2D eigenvalue weighted by Gasteiger charge is 2.35. The minimum absolute atomic E-state index is 0.176. The molecular weight excluding hydrogens is 244 g/mol. The molecule has 0 aromatic heterocycles. The Morgan fingerprint density at radius 3 is 2.58 bits per heavy atom. The topological polar surface area (TPSA) is 69.6 Å². The molecule has 5 heteroatoms. The molecule has 2 rings (SSSR count). The van der Waals surface area contributed by atoms with Crippen LogP contribution < -0.4 is 5.32 Å². The van der Waals surface area contributed by atoms with E-state index in [1.165, 1.54) is 4.90 Å². The Morgan fingerprint density at radius 2 is 2.00 bits per heavy atom. The Kier molecular flexibility index (Phi) is 3.85. The molecular formula is C14H18N2O3. The number of rotatable bonds is 3. The maximum atomic E-state index is 12.3. The van der Waals surface area contributed by atoms with Crippen molar-refractivity contribution in [3.8, 4) is 0 Å². The minimum atomic E-state index is -0.953. The molecule has 1 aromatic rings. The van der Waals surface area contributed by atoms with E-state index in [1.807, 2.05) is 24.3 Å². The van der Waals surface area contributed by atoms with Crippen LogP contribution in [0.1, 0.15) is 18.1 Å². The number of carbonyl (C=O) groups is 2. The van der Waals surface area contributed by atoms with E-state index in [4.69, 9.17) is 0 Å². The monoisotopic (exact) mass is 262 g/mol. The Morgan fingerprint density at radius 1 is 1.37 bits per heavy atom. The molecule has 0 aliphatic carbocycles. The van der Waals surface area contributed by atoms with Gasteiger partial charge in [0.15, 0.2) is 0 Å². The number of amides is 1. The molecule has 0 saturated carbocycles. The molecule has 1 aliphatic heterocycles. The second-order valence-electron chi connectivity index (χ2n) is 4.80. The Bertz CT molecular complexity index is 501. The van der Waals surface area contributed by atoms with Gasteiger partial charge in [-0.1, -0.05) is 24.3 Å². The second-order valence-corrected chi connectivity index (χ2v) is 4.80. The van der Waals surface area contributed by atoms with Crippen LogP contribution in [0.2, 0.25) is 0 Å². The lowest BCUT2D eigenvalue weighted by atomic mass is 9.93. The van der Waals surface area contributed by atoms with Crippen molar-refractivity contribution in [1.29, 1.82) is 0 Å². The first kappa shape index (κ1) is 13.5. The van der Waals surface area contributed by atoms with Crippen molar-refractivity contribution in [3.63, 3.8) is 0 Å². The fourth-order valence-electron chi connectivity index (χ4n) is 2.35. The van der Waals surface area contributed by atoms with Crippen LogP contribution in [0.5, 0.6) is 0 Å². The Hall–Kier alpha value is -1.88. The zero-order valence-electron chi connectivity index (χ0n) is 11.1. The van der Waals surface area contributed by atoms with Gasteiger partial charge in [-0.2, -0.15) is 0 Å². The normalized spacial score (nSPS) is 19.7. The molecule has 1 unspecified atom stereocenters. The van der Waals surface area contributed by atoms with E-state index < -0.39 is 12.0 Å². The first-order chi connectivity index (χ1) is 9.04. The molecule has 0 radical (unpaired) electrons. The Balaban J connectivity index is 2.31. The van der Waals surface area contributed by atoms with Crippen molar-refractivity contribution < 1.29 is 14.7 Å². The first-order valence-electron chi connectivity index (χ1n) is 6.32. The number of aliphatic carboxylic acids is 1. The first-order valence-corrected chi connectivity index (χ1v) is 6.32. The summed E-state index contributed by atoms with van der Waals surface area (Å²) >= 11 is 0. The van der Waals surface area contributed by atoms with Gasteiger partial charge in [-0.3, -0.25) is 4.79 Å². The third-order valence-electron chi connectivity index (χ3n) is 3.62. The van der Waals surface area contributed by atoms with Gasteiger partial charge in [0, 0.05) is 13.0 Å². The van der Waals surface area contributed by atoms with Crippen molar-refractivity contribution in [3.05, 3.63) is 35.4 Å². The maximum Gasteiger partial charge on any atom is 0.326 e. The van der Waals surface area contributed by atoms with Gasteiger partial charge in [0.2, 0.25) is 5.91 Å². The molecule has 1 heterocycles. The molecule has 2 atom stereocenters. The fourth-order valence-corrected chi connectivity index (χ4v) is 2.35. The number of carbonyl (C=O) groups excluding carboxylic acids is 1. The van der Waals surface area contributed by atoms with Crippen molar-refractivity contribution in [1.82, 2.24) is 10.2 Å². The number of carboxylic acids is 1. The minimum Gasteiger partial charge on any atom is -0.480 e. The summed E-state index contributed by atoms with van der Waals surface area (Å²) < 4.78 is 0. The quantitative estimate of drug-likeness (QED) is 0.838. The van der Waals surface area contributed by atoms with Gasteiger partial charge in [-0.05, 0) is 25.1 Å². The fraction of sp³-hybridized carbons (Fsp3) is 0.429. The molecule has 0 spiro atoms. The zero-order valence-corrected chi connectivity index (χ0v) is 11.1. The molecule has 19 heavy (non-hydrogen) atoms. The van der Waals surface area contributed by atoms with Crippen LogP contribution in [-0.4, -0.2) is 41.0 Å². The lowest BCUT2D eigenvalue weighted by Crippen LogP contribution is -2.53. The van der Waals surface area contributed by atoms with Gasteiger partial charge in [-0.15, -0.1) is 0 Å². The van der Waals surface area contributed by atoms with Gasteiger partial charge in [0.05, 0.1) is 6.04 Å².